The van der Waals surface area contributed by atoms with Gasteiger partial charge in [-0.15, -0.1) is 0 Å². The smallest absolute Gasteiger partial charge is 0.347 e. The maximum Gasteiger partial charge on any atom is 0.407 e. The van der Waals surface area contributed by atoms with Gasteiger partial charge in [-0.2, -0.15) is 13.2 Å². The topological polar surface area (TPSA) is 87.3 Å². The molecule has 1 aromatic carbocycles. The molecule has 0 spiro atoms. The van der Waals surface area contributed by atoms with Crippen LogP contribution in [-0.2, 0) is 14.4 Å². The number of carbonyl (C=O) groups is 3. The third-order valence-corrected chi connectivity index (χ3v) is 6.18. The molecule has 2 fully saturated rings. The highest BCUT2D eigenvalue weighted by atomic mass is 19.4. The average molecular weight is 522 g/mol. The van der Waals surface area contributed by atoms with Crippen molar-refractivity contribution in [1.29, 1.82) is 0 Å². The van der Waals surface area contributed by atoms with E-state index in [4.69, 9.17) is 0 Å². The van der Waals surface area contributed by atoms with Crippen LogP contribution in [0.25, 0.3) is 0 Å². The summed E-state index contributed by atoms with van der Waals surface area (Å²) in [6.45, 7) is 1.47. The van der Waals surface area contributed by atoms with Crippen LogP contribution in [0.1, 0.15) is 63.5 Å². The van der Waals surface area contributed by atoms with Crippen LogP contribution in [0.4, 0.5) is 26.3 Å². The highest BCUT2D eigenvalue weighted by Crippen LogP contribution is 2.41. The van der Waals surface area contributed by atoms with Crippen LogP contribution in [-0.4, -0.2) is 47.8 Å². The van der Waals surface area contributed by atoms with E-state index in [2.05, 4.69) is 10.6 Å². The summed E-state index contributed by atoms with van der Waals surface area (Å²) in [6.07, 6.45) is -4.36. The summed E-state index contributed by atoms with van der Waals surface area (Å²) < 4.78 is 84.3. The fourth-order valence-electron chi connectivity index (χ4n) is 3.86. The Labute approximate surface area is 204 Å². The molecule has 0 bridgehead atoms. The van der Waals surface area contributed by atoms with Crippen LogP contribution >= 0.6 is 0 Å². The molecule has 36 heavy (non-hydrogen) atoms. The number of amides is 2. The molecule has 200 valence electrons. The Morgan fingerprint density at radius 2 is 1.58 bits per heavy atom. The maximum absolute atomic E-state index is 14.7. The first-order chi connectivity index (χ1) is 16.8. The van der Waals surface area contributed by atoms with E-state index in [9.17, 15) is 40.7 Å². The molecule has 1 aromatic rings. The van der Waals surface area contributed by atoms with E-state index in [1.165, 1.54) is 6.92 Å². The molecule has 2 saturated carbocycles. The van der Waals surface area contributed by atoms with Crippen LogP contribution in [0.5, 0.6) is 0 Å². The monoisotopic (exact) mass is 521 g/mol. The van der Waals surface area contributed by atoms with Crippen molar-refractivity contribution >= 4 is 17.6 Å². The van der Waals surface area contributed by atoms with Gasteiger partial charge in [-0.25, -0.2) is 13.2 Å². The van der Waals surface area contributed by atoms with E-state index in [0.29, 0.717) is 25.7 Å². The maximum atomic E-state index is 14.7. The van der Waals surface area contributed by atoms with E-state index in [1.54, 1.807) is 0 Å². The van der Waals surface area contributed by atoms with Crippen molar-refractivity contribution in [3.8, 4) is 0 Å². The first-order valence-electron chi connectivity index (χ1n) is 11.9. The molecule has 0 aromatic heterocycles. The highest BCUT2D eigenvalue weighted by molar-refractivity contribution is 6.38. The van der Waals surface area contributed by atoms with E-state index in [0.717, 1.165) is 24.3 Å². The molecule has 0 saturated heterocycles. The minimum Gasteiger partial charge on any atom is -0.347 e. The second-order valence-electron chi connectivity index (χ2n) is 9.53. The molecule has 3 N–H and O–H groups in total. The fraction of sp³-hybridized carbons (Fsp3) is 0.625. The van der Waals surface area contributed by atoms with Gasteiger partial charge in [-0.05, 0) is 55.7 Å². The van der Waals surface area contributed by atoms with Crippen molar-refractivity contribution in [3.05, 3.63) is 35.6 Å². The van der Waals surface area contributed by atoms with Gasteiger partial charge < -0.3 is 10.6 Å². The molecule has 2 aliphatic rings. The minimum atomic E-state index is -5.01. The van der Waals surface area contributed by atoms with E-state index in [1.807, 2.05) is 5.32 Å². The van der Waals surface area contributed by atoms with Crippen molar-refractivity contribution in [2.24, 2.45) is 5.92 Å². The Kier molecular flexibility index (Phi) is 8.68. The Hall–Kier alpha value is -2.63. The molecule has 0 aliphatic heterocycles. The third-order valence-electron chi connectivity index (χ3n) is 6.18. The first kappa shape index (κ1) is 27.9. The minimum absolute atomic E-state index is 0.0749. The number of Topliss-reactive ketones (excluding diaryl/α,β-unsaturated/α-hetero) is 1. The zero-order valence-electron chi connectivity index (χ0n) is 19.6. The number of alkyl halides is 5. The average Bonchev–Trinajstić information content (AvgIpc) is 3.72. The number of hydrogen-bond donors (Lipinski definition) is 3. The molecular weight excluding hydrogens is 492 g/mol. The van der Waals surface area contributed by atoms with Gasteiger partial charge in [0.1, 0.15) is 11.9 Å². The summed E-state index contributed by atoms with van der Waals surface area (Å²) >= 11 is 0. The summed E-state index contributed by atoms with van der Waals surface area (Å²) in [5.41, 5.74) is -0.473. The summed E-state index contributed by atoms with van der Waals surface area (Å²) in [5.74, 6) is -7.74. The zero-order valence-corrected chi connectivity index (χ0v) is 19.6. The van der Waals surface area contributed by atoms with Gasteiger partial charge in [0.15, 0.2) is 0 Å². The van der Waals surface area contributed by atoms with Gasteiger partial charge in [0.2, 0.25) is 17.6 Å². The van der Waals surface area contributed by atoms with Crippen LogP contribution < -0.4 is 16.0 Å². The number of benzene rings is 1. The predicted molar refractivity (Wildman–Crippen MR) is 117 cm³/mol. The number of nitrogens with one attached hydrogen (secondary N) is 3. The van der Waals surface area contributed by atoms with E-state index >= 15 is 0 Å². The lowest BCUT2D eigenvalue weighted by molar-refractivity contribution is -0.163. The Bertz CT molecular complexity index is 945. The lowest BCUT2D eigenvalue weighted by Crippen LogP contribution is -2.55. The standard InChI is InChI=1S/C24H29F6N3O3/c1-2-17(19(34)22(36)31-16-9-10-16)33-21(35)18(12-23(26,27)11-13-3-4-13)32-20(24(28,29)30)14-5-7-15(25)8-6-14/h5-8,13,16-18,20,32H,2-4,9-12H2,1H3,(H,31,36)(H,33,35)/t17?,18?,20-/m0/s1. The lowest BCUT2D eigenvalue weighted by Gasteiger charge is -2.30. The van der Waals surface area contributed by atoms with Crippen LogP contribution in [0.3, 0.4) is 0 Å². The van der Waals surface area contributed by atoms with Crippen molar-refractivity contribution in [1.82, 2.24) is 16.0 Å². The summed E-state index contributed by atoms with van der Waals surface area (Å²) in [4.78, 5) is 37.5. The van der Waals surface area contributed by atoms with Crippen molar-refractivity contribution in [2.45, 2.75) is 88.1 Å². The van der Waals surface area contributed by atoms with E-state index in [-0.39, 0.29) is 18.4 Å². The number of rotatable bonds is 13. The Balaban J connectivity index is 1.81. The van der Waals surface area contributed by atoms with Gasteiger partial charge in [0.25, 0.3) is 5.91 Å². The largest absolute Gasteiger partial charge is 0.407 e. The van der Waals surface area contributed by atoms with Gasteiger partial charge >= 0.3 is 6.18 Å². The second-order valence-corrected chi connectivity index (χ2v) is 9.53. The lowest BCUT2D eigenvalue weighted by atomic mass is 9.98. The van der Waals surface area contributed by atoms with E-state index < -0.39 is 72.0 Å². The molecule has 0 radical (unpaired) electrons. The normalized spacial score (nSPS) is 18.8. The first-order valence-corrected chi connectivity index (χ1v) is 11.9. The molecule has 3 atom stereocenters. The van der Waals surface area contributed by atoms with Gasteiger partial charge in [-0.1, -0.05) is 19.1 Å². The number of halogens is 6. The molecule has 12 heteroatoms. The molecule has 2 aliphatic carbocycles. The van der Waals surface area contributed by atoms with Gasteiger partial charge in [-0.3, -0.25) is 19.7 Å². The Morgan fingerprint density at radius 1 is 0.972 bits per heavy atom. The van der Waals surface area contributed by atoms with Crippen LogP contribution in [0.15, 0.2) is 24.3 Å². The summed E-state index contributed by atoms with van der Waals surface area (Å²) in [7, 11) is 0. The Morgan fingerprint density at radius 3 is 2.08 bits per heavy atom. The summed E-state index contributed by atoms with van der Waals surface area (Å²) in [6, 6.07) is -2.88. The molecule has 6 nitrogen and oxygen atoms in total. The fourth-order valence-corrected chi connectivity index (χ4v) is 3.86. The molecule has 0 heterocycles. The van der Waals surface area contributed by atoms with Crippen LogP contribution in [0, 0.1) is 11.7 Å². The molecule has 3 rings (SSSR count). The third kappa shape index (κ3) is 8.21. The quantitative estimate of drug-likeness (QED) is 0.271. The van der Waals surface area contributed by atoms with Crippen LogP contribution in [0.2, 0.25) is 0 Å². The summed E-state index contributed by atoms with van der Waals surface area (Å²) in [5, 5.41) is 6.61. The molecular formula is C24H29F6N3O3. The predicted octanol–water partition coefficient (Wildman–Crippen LogP) is 3.96. The highest BCUT2D eigenvalue weighted by Gasteiger charge is 2.47. The van der Waals surface area contributed by atoms with Crippen molar-refractivity contribution in [3.63, 3.8) is 0 Å². The van der Waals surface area contributed by atoms with Crippen molar-refractivity contribution < 1.29 is 40.7 Å². The molecule has 2 amide bonds. The molecule has 2 unspecified atom stereocenters. The van der Waals surface area contributed by atoms with Gasteiger partial charge in [0.05, 0.1) is 12.1 Å². The zero-order chi connectivity index (χ0) is 26.7. The second kappa shape index (κ2) is 11.2. The number of ketones is 1. The SMILES string of the molecule is CCC(NC(=O)C(CC(F)(F)CC1CC1)N[C@@H](c1ccc(F)cc1)C(F)(F)F)C(=O)C(=O)NC1CC1. The van der Waals surface area contributed by atoms with Crippen molar-refractivity contribution in [2.75, 3.05) is 0 Å². The van der Waals surface area contributed by atoms with Gasteiger partial charge in [0, 0.05) is 18.9 Å². The number of hydrogen-bond acceptors (Lipinski definition) is 4. The number of carbonyl (C=O) groups excluding carboxylic acids is 3.